The molecule has 0 aromatic heterocycles. The maximum absolute atomic E-state index is 12.3. The van der Waals surface area contributed by atoms with Crippen molar-refractivity contribution in [3.05, 3.63) is 58.6 Å². The van der Waals surface area contributed by atoms with Crippen molar-refractivity contribution in [2.75, 3.05) is 19.4 Å². The van der Waals surface area contributed by atoms with Crippen LogP contribution in [0, 0.1) is 10.1 Å². The van der Waals surface area contributed by atoms with Crippen LogP contribution in [0.2, 0.25) is 0 Å². The van der Waals surface area contributed by atoms with Crippen molar-refractivity contribution < 1.29 is 22.9 Å². The van der Waals surface area contributed by atoms with Gasteiger partial charge in [0.25, 0.3) is 11.6 Å². The van der Waals surface area contributed by atoms with Crippen LogP contribution in [-0.4, -0.2) is 43.8 Å². The number of nitro groups is 1. The van der Waals surface area contributed by atoms with E-state index >= 15 is 0 Å². The zero-order chi connectivity index (χ0) is 20.2. The third-order valence-electron chi connectivity index (χ3n) is 3.59. The van der Waals surface area contributed by atoms with Gasteiger partial charge in [0, 0.05) is 25.8 Å². The van der Waals surface area contributed by atoms with E-state index in [1.165, 1.54) is 63.5 Å². The smallest absolute Gasteiger partial charge is 0.273 e. The van der Waals surface area contributed by atoms with Gasteiger partial charge in [-0.3, -0.25) is 14.9 Å². The van der Waals surface area contributed by atoms with Gasteiger partial charge in [-0.2, -0.15) is 0 Å². The van der Waals surface area contributed by atoms with Gasteiger partial charge in [0.1, 0.15) is 5.75 Å². The SMILES string of the molecule is C[C@H](Oc1cccc([N+](=O)[O-])c1)C(=O)Nc1cccc(S(=O)(=O)N(C)C)c1. The Morgan fingerprint density at radius 2 is 1.85 bits per heavy atom. The molecule has 0 aliphatic carbocycles. The van der Waals surface area contributed by atoms with Crippen LogP contribution < -0.4 is 10.1 Å². The number of hydrogen-bond donors (Lipinski definition) is 1. The molecule has 2 aromatic rings. The molecule has 1 N–H and O–H groups in total. The van der Waals surface area contributed by atoms with E-state index in [2.05, 4.69) is 5.32 Å². The first-order valence-corrected chi connectivity index (χ1v) is 9.30. The predicted molar refractivity (Wildman–Crippen MR) is 99.1 cm³/mol. The summed E-state index contributed by atoms with van der Waals surface area (Å²) in [6.07, 6.45) is -0.957. The summed E-state index contributed by atoms with van der Waals surface area (Å²) in [4.78, 5) is 22.6. The molecular weight excluding hydrogens is 374 g/mol. The number of non-ortho nitro benzene ring substituents is 1. The minimum absolute atomic E-state index is 0.0394. The number of carbonyl (C=O) groups excluding carboxylic acids is 1. The number of nitro benzene ring substituents is 1. The van der Waals surface area contributed by atoms with Crippen LogP contribution in [0.4, 0.5) is 11.4 Å². The molecule has 9 nitrogen and oxygen atoms in total. The van der Waals surface area contributed by atoms with E-state index in [9.17, 15) is 23.3 Å². The highest BCUT2D eigenvalue weighted by Crippen LogP contribution is 2.21. The van der Waals surface area contributed by atoms with Crippen molar-refractivity contribution in [3.63, 3.8) is 0 Å². The predicted octanol–water partition coefficient (Wildman–Crippen LogP) is 2.25. The van der Waals surface area contributed by atoms with Gasteiger partial charge in [-0.05, 0) is 31.2 Å². The van der Waals surface area contributed by atoms with E-state index in [1.807, 2.05) is 0 Å². The highest BCUT2D eigenvalue weighted by molar-refractivity contribution is 7.89. The summed E-state index contributed by atoms with van der Waals surface area (Å²) in [7, 11) is -0.805. The lowest BCUT2D eigenvalue weighted by atomic mass is 10.3. The van der Waals surface area contributed by atoms with Gasteiger partial charge >= 0.3 is 0 Å². The number of sulfonamides is 1. The van der Waals surface area contributed by atoms with Crippen LogP contribution in [0.5, 0.6) is 5.75 Å². The number of hydrogen-bond acceptors (Lipinski definition) is 6. The van der Waals surface area contributed by atoms with Gasteiger partial charge in [-0.25, -0.2) is 12.7 Å². The molecular formula is C17H19N3O6S. The topological polar surface area (TPSA) is 119 Å². The maximum Gasteiger partial charge on any atom is 0.273 e. The molecule has 0 bridgehead atoms. The monoisotopic (exact) mass is 393 g/mol. The summed E-state index contributed by atoms with van der Waals surface area (Å²) < 4.78 is 30.8. The van der Waals surface area contributed by atoms with Crippen molar-refractivity contribution in [2.45, 2.75) is 17.9 Å². The minimum Gasteiger partial charge on any atom is -0.481 e. The molecule has 27 heavy (non-hydrogen) atoms. The zero-order valence-corrected chi connectivity index (χ0v) is 15.8. The Labute approximate surface area is 156 Å². The number of benzene rings is 2. The largest absolute Gasteiger partial charge is 0.481 e. The molecule has 144 valence electrons. The Bertz CT molecular complexity index is 959. The van der Waals surface area contributed by atoms with Crippen LogP contribution >= 0.6 is 0 Å². The quantitative estimate of drug-likeness (QED) is 0.569. The highest BCUT2D eigenvalue weighted by Gasteiger charge is 2.20. The molecule has 0 aliphatic heterocycles. The first-order valence-electron chi connectivity index (χ1n) is 7.86. The lowest BCUT2D eigenvalue weighted by molar-refractivity contribution is -0.384. The molecule has 1 amide bonds. The number of rotatable bonds is 7. The number of nitrogens with one attached hydrogen (secondary N) is 1. The van der Waals surface area contributed by atoms with Crippen molar-refractivity contribution in [3.8, 4) is 5.75 Å². The van der Waals surface area contributed by atoms with Crippen LogP contribution in [-0.2, 0) is 14.8 Å². The molecule has 0 unspecified atom stereocenters. The van der Waals surface area contributed by atoms with Gasteiger partial charge in [-0.15, -0.1) is 0 Å². The van der Waals surface area contributed by atoms with E-state index < -0.39 is 27.0 Å². The van der Waals surface area contributed by atoms with Crippen LogP contribution in [0.25, 0.3) is 0 Å². The Morgan fingerprint density at radius 3 is 2.48 bits per heavy atom. The molecule has 0 saturated carbocycles. The summed E-state index contributed by atoms with van der Waals surface area (Å²) >= 11 is 0. The first-order chi connectivity index (χ1) is 12.6. The van der Waals surface area contributed by atoms with Crippen molar-refractivity contribution >= 4 is 27.3 Å². The number of anilines is 1. The van der Waals surface area contributed by atoms with E-state index in [0.29, 0.717) is 0 Å². The van der Waals surface area contributed by atoms with Crippen LogP contribution in [0.3, 0.4) is 0 Å². The molecule has 10 heteroatoms. The van der Waals surface area contributed by atoms with E-state index in [1.54, 1.807) is 6.07 Å². The van der Waals surface area contributed by atoms with Gasteiger partial charge in [0.15, 0.2) is 6.10 Å². The molecule has 0 radical (unpaired) electrons. The Morgan fingerprint density at radius 1 is 1.19 bits per heavy atom. The van der Waals surface area contributed by atoms with Gasteiger partial charge in [0.05, 0.1) is 15.9 Å². The normalized spacial score (nSPS) is 12.4. The van der Waals surface area contributed by atoms with Crippen LogP contribution in [0.1, 0.15) is 6.92 Å². The van der Waals surface area contributed by atoms with E-state index in [0.717, 1.165) is 4.31 Å². The Balaban J connectivity index is 2.11. The molecule has 0 spiro atoms. The van der Waals surface area contributed by atoms with Gasteiger partial charge < -0.3 is 10.1 Å². The summed E-state index contributed by atoms with van der Waals surface area (Å²) in [6.45, 7) is 1.48. The number of ether oxygens (including phenoxy) is 1. The second-order valence-corrected chi connectivity index (χ2v) is 7.97. The molecule has 1 atom stereocenters. The van der Waals surface area contributed by atoms with Crippen LogP contribution in [0.15, 0.2) is 53.4 Å². The average Bonchev–Trinajstić information content (AvgIpc) is 2.61. The minimum atomic E-state index is -3.63. The lowest BCUT2D eigenvalue weighted by Crippen LogP contribution is -2.30. The van der Waals surface area contributed by atoms with Crippen molar-refractivity contribution in [2.24, 2.45) is 0 Å². The van der Waals surface area contributed by atoms with Gasteiger partial charge in [0.2, 0.25) is 10.0 Å². The third-order valence-corrected chi connectivity index (χ3v) is 5.40. The Kier molecular flexibility index (Phi) is 6.13. The Hall–Kier alpha value is -2.98. The molecule has 2 rings (SSSR count). The lowest BCUT2D eigenvalue weighted by Gasteiger charge is -2.16. The maximum atomic E-state index is 12.3. The fourth-order valence-corrected chi connectivity index (χ4v) is 3.07. The highest BCUT2D eigenvalue weighted by atomic mass is 32.2. The average molecular weight is 393 g/mol. The molecule has 0 fully saturated rings. The number of amides is 1. The second-order valence-electron chi connectivity index (χ2n) is 5.82. The fraction of sp³-hybridized carbons (Fsp3) is 0.235. The first kappa shape index (κ1) is 20.3. The fourth-order valence-electron chi connectivity index (χ4n) is 2.12. The van der Waals surface area contributed by atoms with Gasteiger partial charge in [-0.1, -0.05) is 12.1 Å². The van der Waals surface area contributed by atoms with E-state index in [4.69, 9.17) is 4.74 Å². The number of carbonyl (C=O) groups is 1. The summed E-state index contributed by atoms with van der Waals surface area (Å²) in [5, 5.41) is 13.4. The summed E-state index contributed by atoms with van der Waals surface area (Å²) in [5.41, 5.74) is 0.138. The molecule has 0 aliphatic rings. The summed E-state index contributed by atoms with van der Waals surface area (Å²) in [5.74, 6) is -0.350. The summed E-state index contributed by atoms with van der Waals surface area (Å²) in [6, 6.07) is 11.3. The third kappa shape index (κ3) is 5.02. The van der Waals surface area contributed by atoms with E-state index in [-0.39, 0.29) is 22.0 Å². The number of nitrogens with zero attached hydrogens (tertiary/aromatic N) is 2. The molecule has 2 aromatic carbocycles. The van der Waals surface area contributed by atoms with Crippen molar-refractivity contribution in [1.29, 1.82) is 0 Å². The standard InChI is InChI=1S/C17H19N3O6S/c1-12(26-15-8-5-7-14(11-15)20(22)23)17(21)18-13-6-4-9-16(10-13)27(24,25)19(2)3/h4-12H,1-3H3,(H,18,21)/t12-/m0/s1. The van der Waals surface area contributed by atoms with Crippen molar-refractivity contribution in [1.82, 2.24) is 4.31 Å². The second kappa shape index (κ2) is 8.14. The molecule has 0 saturated heterocycles. The molecule has 0 heterocycles. The zero-order valence-electron chi connectivity index (χ0n) is 14.9.